The molecule has 0 amide bonds. The molecule has 0 aromatic rings. The number of likely N-dealkylation sites (tertiary alicyclic amines) is 1. The molecule has 0 aromatic heterocycles. The SMILES string of the molecule is CN=C(NCCCF)NC1CN(C(C)C)CC1C. The van der Waals surface area contributed by atoms with Crippen LogP contribution in [0.15, 0.2) is 4.99 Å². The molecular formula is C13H27FN4. The predicted molar refractivity (Wildman–Crippen MR) is 74.8 cm³/mol. The van der Waals surface area contributed by atoms with Crippen LogP contribution in [0.3, 0.4) is 0 Å². The van der Waals surface area contributed by atoms with Gasteiger partial charge in [0.25, 0.3) is 0 Å². The first kappa shape index (κ1) is 15.2. The predicted octanol–water partition coefficient (Wildman–Crippen LogP) is 1.24. The number of alkyl halides is 1. The van der Waals surface area contributed by atoms with Crippen LogP contribution in [0.4, 0.5) is 4.39 Å². The third kappa shape index (κ3) is 4.44. The number of hydrogen-bond donors (Lipinski definition) is 2. The van der Waals surface area contributed by atoms with Crippen LogP contribution < -0.4 is 10.6 Å². The van der Waals surface area contributed by atoms with Crippen molar-refractivity contribution < 1.29 is 4.39 Å². The van der Waals surface area contributed by atoms with Crippen LogP contribution in [-0.4, -0.2) is 56.3 Å². The summed E-state index contributed by atoms with van der Waals surface area (Å²) in [6.07, 6.45) is 0.527. The van der Waals surface area contributed by atoms with Crippen LogP contribution >= 0.6 is 0 Å². The fraction of sp³-hybridized carbons (Fsp3) is 0.923. The molecule has 0 bridgehead atoms. The van der Waals surface area contributed by atoms with Crippen molar-refractivity contribution in [1.82, 2.24) is 15.5 Å². The van der Waals surface area contributed by atoms with Gasteiger partial charge >= 0.3 is 0 Å². The smallest absolute Gasteiger partial charge is 0.191 e. The molecule has 0 spiro atoms. The van der Waals surface area contributed by atoms with Crippen molar-refractivity contribution in [3.63, 3.8) is 0 Å². The number of guanidine groups is 1. The first-order valence-electron chi connectivity index (χ1n) is 6.85. The quantitative estimate of drug-likeness (QED) is 0.443. The lowest BCUT2D eigenvalue weighted by Gasteiger charge is -2.21. The molecule has 4 nitrogen and oxygen atoms in total. The normalized spacial score (nSPS) is 25.8. The average Bonchev–Trinajstić information content (AvgIpc) is 2.70. The maximum atomic E-state index is 12.0. The maximum absolute atomic E-state index is 12.0. The molecule has 1 saturated heterocycles. The van der Waals surface area contributed by atoms with Crippen molar-refractivity contribution >= 4 is 5.96 Å². The van der Waals surface area contributed by atoms with Crippen molar-refractivity contribution in [2.24, 2.45) is 10.9 Å². The van der Waals surface area contributed by atoms with E-state index in [1.807, 2.05) is 0 Å². The summed E-state index contributed by atoms with van der Waals surface area (Å²) < 4.78 is 12.0. The number of halogens is 1. The summed E-state index contributed by atoms with van der Waals surface area (Å²) in [5.41, 5.74) is 0. The Morgan fingerprint density at radius 2 is 2.17 bits per heavy atom. The van der Waals surface area contributed by atoms with E-state index in [-0.39, 0.29) is 6.67 Å². The Kier molecular flexibility index (Phi) is 6.39. The molecule has 1 aliphatic heterocycles. The molecule has 2 atom stereocenters. The molecule has 18 heavy (non-hydrogen) atoms. The van der Waals surface area contributed by atoms with Crippen LogP contribution in [0.5, 0.6) is 0 Å². The van der Waals surface area contributed by atoms with Crippen LogP contribution in [-0.2, 0) is 0 Å². The minimum absolute atomic E-state index is 0.287. The van der Waals surface area contributed by atoms with Gasteiger partial charge in [-0.3, -0.25) is 14.3 Å². The fourth-order valence-corrected chi connectivity index (χ4v) is 2.26. The van der Waals surface area contributed by atoms with Gasteiger partial charge in [-0.2, -0.15) is 0 Å². The maximum Gasteiger partial charge on any atom is 0.191 e. The molecule has 0 radical (unpaired) electrons. The minimum atomic E-state index is -0.287. The second-order valence-electron chi connectivity index (χ2n) is 5.32. The van der Waals surface area contributed by atoms with Gasteiger partial charge in [-0.1, -0.05) is 6.92 Å². The van der Waals surface area contributed by atoms with Crippen molar-refractivity contribution in [1.29, 1.82) is 0 Å². The zero-order valence-electron chi connectivity index (χ0n) is 12.0. The van der Waals surface area contributed by atoms with Gasteiger partial charge in [0.15, 0.2) is 5.96 Å². The standard InChI is InChI=1S/C13H27FN4/c1-10(2)18-8-11(3)12(9-18)17-13(15-4)16-7-5-6-14/h10-12H,5-9H2,1-4H3,(H2,15,16,17). The van der Waals surface area contributed by atoms with Crippen LogP contribution in [0.1, 0.15) is 27.2 Å². The van der Waals surface area contributed by atoms with E-state index in [2.05, 4.69) is 41.3 Å². The van der Waals surface area contributed by atoms with Crippen molar-refractivity contribution in [2.75, 3.05) is 33.4 Å². The summed E-state index contributed by atoms with van der Waals surface area (Å²) in [5, 5.41) is 6.58. The first-order valence-corrected chi connectivity index (χ1v) is 6.85. The molecule has 0 aliphatic carbocycles. The first-order chi connectivity index (χ1) is 8.58. The second-order valence-corrected chi connectivity index (χ2v) is 5.32. The molecule has 2 N–H and O–H groups in total. The molecule has 1 heterocycles. The second kappa shape index (κ2) is 7.56. The van der Waals surface area contributed by atoms with E-state index in [1.54, 1.807) is 7.05 Å². The Bertz CT molecular complexity index is 268. The highest BCUT2D eigenvalue weighted by Crippen LogP contribution is 2.18. The van der Waals surface area contributed by atoms with Crippen LogP contribution in [0.25, 0.3) is 0 Å². The van der Waals surface area contributed by atoms with E-state index in [9.17, 15) is 4.39 Å². The molecule has 0 aromatic carbocycles. The number of hydrogen-bond acceptors (Lipinski definition) is 2. The van der Waals surface area contributed by atoms with Crippen LogP contribution in [0, 0.1) is 5.92 Å². The number of rotatable bonds is 5. The van der Waals surface area contributed by atoms with E-state index in [0.29, 0.717) is 31.0 Å². The van der Waals surface area contributed by atoms with Gasteiger partial charge in [-0.15, -0.1) is 0 Å². The van der Waals surface area contributed by atoms with Gasteiger partial charge < -0.3 is 10.6 Å². The molecule has 1 rings (SSSR count). The average molecular weight is 258 g/mol. The van der Waals surface area contributed by atoms with Crippen molar-refractivity contribution in [3.8, 4) is 0 Å². The van der Waals surface area contributed by atoms with Gasteiger partial charge in [0, 0.05) is 38.8 Å². The zero-order valence-corrected chi connectivity index (χ0v) is 12.0. The molecule has 2 unspecified atom stereocenters. The Morgan fingerprint density at radius 1 is 1.44 bits per heavy atom. The number of nitrogens with zero attached hydrogens (tertiary/aromatic N) is 2. The summed E-state index contributed by atoms with van der Waals surface area (Å²) in [6, 6.07) is 1.00. The van der Waals surface area contributed by atoms with Gasteiger partial charge in [0.1, 0.15) is 0 Å². The molecule has 0 saturated carbocycles. The van der Waals surface area contributed by atoms with Gasteiger partial charge in [0.05, 0.1) is 6.67 Å². The largest absolute Gasteiger partial charge is 0.356 e. The highest BCUT2D eigenvalue weighted by atomic mass is 19.1. The lowest BCUT2D eigenvalue weighted by Crippen LogP contribution is -2.47. The Morgan fingerprint density at radius 3 is 2.67 bits per heavy atom. The third-order valence-corrected chi connectivity index (χ3v) is 3.52. The van der Waals surface area contributed by atoms with E-state index < -0.39 is 0 Å². The summed E-state index contributed by atoms with van der Waals surface area (Å²) in [5.74, 6) is 1.39. The topological polar surface area (TPSA) is 39.7 Å². The summed E-state index contributed by atoms with van der Waals surface area (Å²) in [7, 11) is 1.75. The summed E-state index contributed by atoms with van der Waals surface area (Å²) in [4.78, 5) is 6.65. The summed E-state index contributed by atoms with van der Waals surface area (Å²) >= 11 is 0. The van der Waals surface area contributed by atoms with Gasteiger partial charge in [-0.25, -0.2) is 0 Å². The van der Waals surface area contributed by atoms with Crippen LogP contribution in [0.2, 0.25) is 0 Å². The monoisotopic (exact) mass is 258 g/mol. The Labute approximate surface area is 110 Å². The highest BCUT2D eigenvalue weighted by Gasteiger charge is 2.31. The molecule has 5 heteroatoms. The summed E-state index contributed by atoms with van der Waals surface area (Å²) in [6.45, 7) is 9.22. The van der Waals surface area contributed by atoms with Gasteiger partial charge in [-0.05, 0) is 26.2 Å². The van der Waals surface area contributed by atoms with Crippen molar-refractivity contribution in [3.05, 3.63) is 0 Å². The minimum Gasteiger partial charge on any atom is -0.356 e. The number of aliphatic imine (C=N–C) groups is 1. The van der Waals surface area contributed by atoms with Gasteiger partial charge in [0.2, 0.25) is 0 Å². The molecule has 1 fully saturated rings. The van der Waals surface area contributed by atoms with E-state index >= 15 is 0 Å². The van der Waals surface area contributed by atoms with Crippen molar-refractivity contribution in [2.45, 2.75) is 39.3 Å². The third-order valence-electron chi connectivity index (χ3n) is 3.52. The fourth-order valence-electron chi connectivity index (χ4n) is 2.26. The van der Waals surface area contributed by atoms with E-state index in [1.165, 1.54) is 0 Å². The lowest BCUT2D eigenvalue weighted by atomic mass is 10.1. The Balaban J connectivity index is 2.40. The molecule has 106 valence electrons. The molecule has 1 aliphatic rings. The lowest BCUT2D eigenvalue weighted by molar-refractivity contribution is 0.265. The van der Waals surface area contributed by atoms with E-state index in [0.717, 1.165) is 19.0 Å². The molecular weight excluding hydrogens is 231 g/mol. The zero-order chi connectivity index (χ0) is 13.5. The number of nitrogens with one attached hydrogen (secondary N) is 2. The highest BCUT2D eigenvalue weighted by molar-refractivity contribution is 5.80. The van der Waals surface area contributed by atoms with E-state index in [4.69, 9.17) is 0 Å². The Hall–Kier alpha value is -0.840.